The zero-order chi connectivity index (χ0) is 17.9. The Balaban J connectivity index is 1.93. The van der Waals surface area contributed by atoms with Gasteiger partial charge in [0, 0.05) is 18.7 Å². The minimum atomic E-state index is -0.114. The highest BCUT2D eigenvalue weighted by atomic mass is 16.3. The highest BCUT2D eigenvalue weighted by molar-refractivity contribution is 5.76. The maximum Gasteiger partial charge on any atom is 0.220 e. The molecule has 2 aromatic rings. The Kier molecular flexibility index (Phi) is 5.86. The fraction of sp³-hybridized carbons (Fsp3) is 0.579. The number of nitrogens with one attached hydrogen (secondary N) is 1. The van der Waals surface area contributed by atoms with Gasteiger partial charge >= 0.3 is 0 Å². The summed E-state index contributed by atoms with van der Waals surface area (Å²) in [7, 11) is 0. The van der Waals surface area contributed by atoms with Crippen LogP contribution in [0.1, 0.15) is 61.7 Å². The molecule has 0 aromatic carbocycles. The molecule has 0 radical (unpaired) electrons. The van der Waals surface area contributed by atoms with Crippen molar-refractivity contribution in [1.29, 1.82) is 0 Å². The number of hydrogen-bond donors (Lipinski definition) is 1. The molecule has 24 heavy (non-hydrogen) atoms. The Morgan fingerprint density at radius 3 is 2.54 bits per heavy atom. The van der Waals surface area contributed by atoms with Gasteiger partial charge in [-0.05, 0) is 57.7 Å². The quantitative estimate of drug-likeness (QED) is 0.838. The van der Waals surface area contributed by atoms with Gasteiger partial charge in [0.2, 0.25) is 5.91 Å². The van der Waals surface area contributed by atoms with Crippen LogP contribution in [0.4, 0.5) is 0 Å². The molecular weight excluding hydrogens is 302 g/mol. The third-order valence-corrected chi connectivity index (χ3v) is 4.24. The van der Waals surface area contributed by atoms with Gasteiger partial charge in [-0.1, -0.05) is 13.8 Å². The number of nitrogens with zero attached hydrogens (tertiary/aromatic N) is 2. The second kappa shape index (κ2) is 7.69. The maximum atomic E-state index is 12.2. The van der Waals surface area contributed by atoms with Crippen molar-refractivity contribution in [2.45, 2.75) is 67.0 Å². The summed E-state index contributed by atoms with van der Waals surface area (Å²) in [6.45, 7) is 13.2. The van der Waals surface area contributed by atoms with Crippen LogP contribution in [0.5, 0.6) is 0 Å². The number of amides is 1. The number of carbonyl (C=O) groups is 1. The summed E-state index contributed by atoms with van der Waals surface area (Å²) in [5, 5.41) is 7.61. The van der Waals surface area contributed by atoms with Gasteiger partial charge in [-0.25, -0.2) is 0 Å². The summed E-state index contributed by atoms with van der Waals surface area (Å²) >= 11 is 0. The molecule has 0 aliphatic carbocycles. The molecule has 5 heteroatoms. The second-order valence-electron chi connectivity index (χ2n) is 6.96. The van der Waals surface area contributed by atoms with Gasteiger partial charge in [-0.3, -0.25) is 9.48 Å². The van der Waals surface area contributed by atoms with E-state index < -0.39 is 0 Å². The van der Waals surface area contributed by atoms with E-state index in [1.807, 2.05) is 32.9 Å². The summed E-state index contributed by atoms with van der Waals surface area (Å²) in [4.78, 5) is 12.2. The predicted molar refractivity (Wildman–Crippen MR) is 94.9 cm³/mol. The van der Waals surface area contributed by atoms with Crippen LogP contribution in [0.15, 0.2) is 16.5 Å². The van der Waals surface area contributed by atoms with Gasteiger partial charge in [-0.15, -0.1) is 0 Å². The standard InChI is InChI=1S/C19H29N3O2/c1-12(2)11-22-16(6)17(14(4)21-22)8-10-19(23)20-15(5)18-9-7-13(3)24-18/h7,9,12,15H,8,10-11H2,1-6H3,(H,20,23)/t15-/m0/s1. The molecule has 132 valence electrons. The first kappa shape index (κ1) is 18.3. The molecule has 5 nitrogen and oxygen atoms in total. The van der Waals surface area contributed by atoms with Crippen molar-refractivity contribution < 1.29 is 9.21 Å². The number of rotatable bonds is 7. The second-order valence-corrected chi connectivity index (χ2v) is 6.96. The van der Waals surface area contributed by atoms with Gasteiger partial charge in [0.25, 0.3) is 0 Å². The van der Waals surface area contributed by atoms with Crippen LogP contribution in [-0.2, 0) is 17.8 Å². The van der Waals surface area contributed by atoms with Crippen LogP contribution in [-0.4, -0.2) is 15.7 Å². The van der Waals surface area contributed by atoms with E-state index >= 15 is 0 Å². The van der Waals surface area contributed by atoms with E-state index in [0.717, 1.165) is 23.8 Å². The van der Waals surface area contributed by atoms with Gasteiger partial charge < -0.3 is 9.73 Å². The lowest BCUT2D eigenvalue weighted by Crippen LogP contribution is -2.26. The van der Waals surface area contributed by atoms with E-state index in [2.05, 4.69) is 35.9 Å². The minimum absolute atomic E-state index is 0.0342. The van der Waals surface area contributed by atoms with E-state index in [0.29, 0.717) is 18.8 Å². The van der Waals surface area contributed by atoms with Crippen LogP contribution in [0, 0.1) is 26.7 Å². The van der Waals surface area contributed by atoms with Gasteiger partial charge in [0.05, 0.1) is 11.7 Å². The van der Waals surface area contributed by atoms with Crippen molar-refractivity contribution in [2.75, 3.05) is 0 Å². The molecule has 1 amide bonds. The van der Waals surface area contributed by atoms with Crippen molar-refractivity contribution >= 4 is 5.91 Å². The monoisotopic (exact) mass is 331 g/mol. The molecular formula is C19H29N3O2. The third kappa shape index (κ3) is 4.49. The molecule has 2 aromatic heterocycles. The van der Waals surface area contributed by atoms with Gasteiger partial charge in [0.1, 0.15) is 11.5 Å². The van der Waals surface area contributed by atoms with E-state index in [1.54, 1.807) is 0 Å². The Bertz CT molecular complexity index is 698. The first-order chi connectivity index (χ1) is 11.3. The zero-order valence-electron chi connectivity index (χ0n) is 15.6. The van der Waals surface area contributed by atoms with E-state index in [4.69, 9.17) is 4.42 Å². The van der Waals surface area contributed by atoms with Gasteiger partial charge in [-0.2, -0.15) is 5.10 Å². The topological polar surface area (TPSA) is 60.1 Å². The predicted octanol–water partition coefficient (Wildman–Crippen LogP) is 3.87. The van der Waals surface area contributed by atoms with Crippen LogP contribution < -0.4 is 5.32 Å². The molecule has 0 spiro atoms. The Labute approximate surface area is 144 Å². The first-order valence-electron chi connectivity index (χ1n) is 8.66. The molecule has 0 aliphatic rings. The normalized spacial score (nSPS) is 12.6. The van der Waals surface area contributed by atoms with Crippen molar-refractivity contribution in [3.63, 3.8) is 0 Å². The summed E-state index contributed by atoms with van der Waals surface area (Å²) in [5.74, 6) is 2.23. The van der Waals surface area contributed by atoms with Gasteiger partial charge in [0.15, 0.2) is 0 Å². The third-order valence-electron chi connectivity index (χ3n) is 4.24. The smallest absolute Gasteiger partial charge is 0.220 e. The number of carbonyl (C=O) groups excluding carboxylic acids is 1. The lowest BCUT2D eigenvalue weighted by atomic mass is 10.1. The molecule has 0 aliphatic heterocycles. The Morgan fingerprint density at radius 2 is 1.96 bits per heavy atom. The number of aryl methyl sites for hydroxylation is 2. The molecule has 0 fully saturated rings. The molecule has 0 bridgehead atoms. The van der Waals surface area contributed by atoms with Crippen molar-refractivity contribution in [3.05, 3.63) is 40.6 Å². The van der Waals surface area contributed by atoms with E-state index in [1.165, 1.54) is 11.3 Å². The van der Waals surface area contributed by atoms with E-state index in [-0.39, 0.29) is 11.9 Å². The van der Waals surface area contributed by atoms with Crippen LogP contribution >= 0.6 is 0 Å². The summed E-state index contributed by atoms with van der Waals surface area (Å²) in [6, 6.07) is 3.70. The molecule has 1 N–H and O–H groups in total. The highest BCUT2D eigenvalue weighted by Crippen LogP contribution is 2.18. The molecule has 1 atom stereocenters. The van der Waals surface area contributed by atoms with E-state index in [9.17, 15) is 4.79 Å². The average molecular weight is 331 g/mol. The molecule has 0 saturated heterocycles. The minimum Gasteiger partial charge on any atom is -0.464 e. The van der Waals surface area contributed by atoms with Crippen LogP contribution in [0.2, 0.25) is 0 Å². The summed E-state index contributed by atoms with van der Waals surface area (Å²) < 4.78 is 7.62. The number of furan rings is 1. The fourth-order valence-electron chi connectivity index (χ4n) is 2.93. The highest BCUT2D eigenvalue weighted by Gasteiger charge is 2.16. The number of hydrogen-bond acceptors (Lipinski definition) is 3. The van der Waals surface area contributed by atoms with Crippen molar-refractivity contribution in [1.82, 2.24) is 15.1 Å². The molecule has 0 unspecified atom stereocenters. The lowest BCUT2D eigenvalue weighted by molar-refractivity contribution is -0.121. The Morgan fingerprint density at radius 1 is 1.25 bits per heavy atom. The lowest BCUT2D eigenvalue weighted by Gasteiger charge is -2.12. The summed E-state index contributed by atoms with van der Waals surface area (Å²) in [5.41, 5.74) is 3.38. The zero-order valence-corrected chi connectivity index (χ0v) is 15.6. The van der Waals surface area contributed by atoms with Crippen molar-refractivity contribution in [2.24, 2.45) is 5.92 Å². The van der Waals surface area contributed by atoms with Crippen LogP contribution in [0.25, 0.3) is 0 Å². The van der Waals surface area contributed by atoms with Crippen LogP contribution in [0.3, 0.4) is 0 Å². The first-order valence-corrected chi connectivity index (χ1v) is 8.66. The summed E-state index contributed by atoms with van der Waals surface area (Å²) in [6.07, 6.45) is 1.17. The number of aromatic nitrogens is 2. The van der Waals surface area contributed by atoms with Crippen molar-refractivity contribution in [3.8, 4) is 0 Å². The largest absolute Gasteiger partial charge is 0.464 e. The molecule has 2 rings (SSSR count). The molecule has 2 heterocycles. The SMILES string of the molecule is Cc1ccc([C@H](C)NC(=O)CCc2c(C)nn(CC(C)C)c2C)o1. The fourth-order valence-corrected chi connectivity index (χ4v) is 2.93. The molecule has 0 saturated carbocycles. The Hall–Kier alpha value is -2.04. The average Bonchev–Trinajstić information content (AvgIpc) is 3.02. The maximum absolute atomic E-state index is 12.2.